The molecule has 0 unspecified atom stereocenters. The molecule has 0 aromatic heterocycles. The van der Waals surface area contributed by atoms with Gasteiger partial charge in [-0.05, 0) is 45.4 Å². The van der Waals surface area contributed by atoms with Crippen molar-refractivity contribution in [2.75, 3.05) is 12.4 Å². The topological polar surface area (TPSA) is 47.6 Å². The number of hydrogen-bond donors (Lipinski definition) is 1. The van der Waals surface area contributed by atoms with E-state index in [0.29, 0.717) is 16.5 Å². The molecule has 1 aromatic carbocycles. The maximum atomic E-state index is 11.6. The average Bonchev–Trinajstić information content (AvgIpc) is 2.20. The average molecular weight is 272 g/mol. The molecule has 0 saturated carbocycles. The van der Waals surface area contributed by atoms with Crippen molar-refractivity contribution in [1.29, 1.82) is 0 Å². The number of methoxy groups -OCH3 is 1. The monoisotopic (exact) mass is 271 g/mol. The fourth-order valence-corrected chi connectivity index (χ4v) is 1.60. The van der Waals surface area contributed by atoms with Crippen LogP contribution in [0.15, 0.2) is 12.1 Å². The number of benzene rings is 1. The van der Waals surface area contributed by atoms with Crippen molar-refractivity contribution in [3.05, 3.63) is 22.7 Å². The van der Waals surface area contributed by atoms with Crippen LogP contribution >= 0.6 is 11.6 Å². The summed E-state index contributed by atoms with van der Waals surface area (Å²) >= 11 is 6.00. The number of aryl methyl sites for hydroxylation is 1. The SMILES string of the molecule is COc1cc(C)c(NC(=O)OC(C)(C)C)cc1Cl. The highest BCUT2D eigenvalue weighted by atomic mass is 35.5. The van der Waals surface area contributed by atoms with E-state index in [4.69, 9.17) is 21.1 Å². The van der Waals surface area contributed by atoms with Gasteiger partial charge in [0.05, 0.1) is 12.1 Å². The van der Waals surface area contributed by atoms with Crippen LogP contribution in [0.5, 0.6) is 5.75 Å². The van der Waals surface area contributed by atoms with Crippen LogP contribution in [0.25, 0.3) is 0 Å². The fraction of sp³-hybridized carbons (Fsp3) is 0.462. The van der Waals surface area contributed by atoms with Gasteiger partial charge in [0.15, 0.2) is 0 Å². The van der Waals surface area contributed by atoms with Crippen molar-refractivity contribution < 1.29 is 14.3 Å². The van der Waals surface area contributed by atoms with E-state index in [9.17, 15) is 4.79 Å². The van der Waals surface area contributed by atoms with Crippen LogP contribution in [0.1, 0.15) is 26.3 Å². The van der Waals surface area contributed by atoms with Crippen molar-refractivity contribution in [2.45, 2.75) is 33.3 Å². The molecule has 4 nitrogen and oxygen atoms in total. The van der Waals surface area contributed by atoms with E-state index in [-0.39, 0.29) is 0 Å². The third kappa shape index (κ3) is 4.11. The van der Waals surface area contributed by atoms with E-state index < -0.39 is 11.7 Å². The van der Waals surface area contributed by atoms with Gasteiger partial charge < -0.3 is 9.47 Å². The van der Waals surface area contributed by atoms with E-state index in [1.165, 1.54) is 0 Å². The molecule has 1 amide bonds. The molecule has 0 bridgehead atoms. The maximum absolute atomic E-state index is 11.6. The van der Waals surface area contributed by atoms with Gasteiger partial charge in [-0.15, -0.1) is 0 Å². The Morgan fingerprint density at radius 1 is 1.33 bits per heavy atom. The van der Waals surface area contributed by atoms with Crippen molar-refractivity contribution in [2.24, 2.45) is 0 Å². The molecule has 0 spiro atoms. The number of ether oxygens (including phenoxy) is 2. The predicted octanol–water partition coefficient (Wildman–Crippen LogP) is 4.00. The van der Waals surface area contributed by atoms with E-state index in [1.54, 1.807) is 40.0 Å². The summed E-state index contributed by atoms with van der Waals surface area (Å²) in [6.45, 7) is 7.27. The summed E-state index contributed by atoms with van der Waals surface area (Å²) in [5.41, 5.74) is 0.922. The third-order valence-corrected chi connectivity index (χ3v) is 2.43. The number of nitrogens with one attached hydrogen (secondary N) is 1. The molecular weight excluding hydrogens is 254 g/mol. The molecule has 0 radical (unpaired) electrons. The summed E-state index contributed by atoms with van der Waals surface area (Å²) in [5.74, 6) is 0.573. The molecule has 5 heteroatoms. The molecule has 100 valence electrons. The first kappa shape index (κ1) is 14.6. The molecule has 0 atom stereocenters. The lowest BCUT2D eigenvalue weighted by atomic mass is 10.2. The van der Waals surface area contributed by atoms with Crippen molar-refractivity contribution in [3.63, 3.8) is 0 Å². The minimum atomic E-state index is -0.533. The smallest absolute Gasteiger partial charge is 0.412 e. The fourth-order valence-electron chi connectivity index (χ4n) is 1.36. The van der Waals surface area contributed by atoms with Gasteiger partial charge in [-0.2, -0.15) is 0 Å². The van der Waals surface area contributed by atoms with Crippen LogP contribution in [-0.2, 0) is 4.74 Å². The number of halogens is 1. The van der Waals surface area contributed by atoms with Gasteiger partial charge in [-0.1, -0.05) is 11.6 Å². The Balaban J connectivity index is 2.86. The van der Waals surface area contributed by atoms with Gasteiger partial charge in [0.25, 0.3) is 0 Å². The Labute approximate surface area is 112 Å². The van der Waals surface area contributed by atoms with Crippen LogP contribution in [0.4, 0.5) is 10.5 Å². The second-order valence-corrected chi connectivity index (χ2v) is 5.34. The highest BCUT2D eigenvalue weighted by molar-refractivity contribution is 6.32. The Hall–Kier alpha value is -1.42. The summed E-state index contributed by atoms with van der Waals surface area (Å²) in [6.07, 6.45) is -0.508. The largest absolute Gasteiger partial charge is 0.495 e. The summed E-state index contributed by atoms with van der Waals surface area (Å²) in [7, 11) is 1.54. The molecule has 1 N–H and O–H groups in total. The summed E-state index contributed by atoms with van der Waals surface area (Å²) < 4.78 is 10.3. The molecule has 0 saturated heterocycles. The minimum absolute atomic E-state index is 0.439. The zero-order chi connectivity index (χ0) is 13.9. The number of amides is 1. The first-order valence-corrected chi connectivity index (χ1v) is 5.95. The van der Waals surface area contributed by atoms with Gasteiger partial charge in [0.2, 0.25) is 0 Å². The molecule has 18 heavy (non-hydrogen) atoms. The highest BCUT2D eigenvalue weighted by Gasteiger charge is 2.17. The summed E-state index contributed by atoms with van der Waals surface area (Å²) in [6, 6.07) is 3.40. The van der Waals surface area contributed by atoms with E-state index in [2.05, 4.69) is 5.32 Å². The molecule has 0 aliphatic heterocycles. The Morgan fingerprint density at radius 2 is 1.94 bits per heavy atom. The van der Waals surface area contributed by atoms with Crippen LogP contribution in [0.2, 0.25) is 5.02 Å². The zero-order valence-electron chi connectivity index (χ0n) is 11.3. The Bertz CT molecular complexity index is 452. The lowest BCUT2D eigenvalue weighted by molar-refractivity contribution is 0.0636. The number of carbonyl (C=O) groups is 1. The van der Waals surface area contributed by atoms with Crippen molar-refractivity contribution >= 4 is 23.4 Å². The molecule has 0 aliphatic carbocycles. The van der Waals surface area contributed by atoms with Crippen LogP contribution < -0.4 is 10.1 Å². The Morgan fingerprint density at radius 3 is 2.44 bits per heavy atom. The molecule has 0 aliphatic rings. The van der Waals surface area contributed by atoms with Crippen molar-refractivity contribution in [3.8, 4) is 5.75 Å². The quantitative estimate of drug-likeness (QED) is 0.884. The first-order chi connectivity index (χ1) is 8.23. The molecule has 0 heterocycles. The second-order valence-electron chi connectivity index (χ2n) is 4.93. The standard InChI is InChI=1S/C13H18ClNO3/c1-8-6-11(17-5)9(14)7-10(8)15-12(16)18-13(2,3)4/h6-7H,1-5H3,(H,15,16). The number of carbonyl (C=O) groups excluding carboxylic acids is 1. The normalized spacial score (nSPS) is 11.0. The van der Waals surface area contributed by atoms with Crippen LogP contribution in [0, 0.1) is 6.92 Å². The van der Waals surface area contributed by atoms with Crippen LogP contribution in [-0.4, -0.2) is 18.8 Å². The Kier molecular flexibility index (Phi) is 4.46. The lowest BCUT2D eigenvalue weighted by Gasteiger charge is -2.20. The maximum Gasteiger partial charge on any atom is 0.412 e. The van der Waals surface area contributed by atoms with Crippen molar-refractivity contribution in [1.82, 2.24) is 0 Å². The second kappa shape index (κ2) is 5.48. The number of anilines is 1. The van der Waals surface area contributed by atoms with Gasteiger partial charge in [0, 0.05) is 5.69 Å². The molecule has 0 fully saturated rings. The summed E-state index contributed by atoms with van der Waals surface area (Å²) in [5, 5.41) is 3.10. The number of hydrogen-bond acceptors (Lipinski definition) is 3. The first-order valence-electron chi connectivity index (χ1n) is 5.57. The minimum Gasteiger partial charge on any atom is -0.495 e. The van der Waals surface area contributed by atoms with Gasteiger partial charge >= 0.3 is 6.09 Å². The van der Waals surface area contributed by atoms with Gasteiger partial charge in [0.1, 0.15) is 11.4 Å². The van der Waals surface area contributed by atoms with Gasteiger partial charge in [-0.3, -0.25) is 5.32 Å². The molecule has 1 rings (SSSR count). The lowest BCUT2D eigenvalue weighted by Crippen LogP contribution is -2.27. The highest BCUT2D eigenvalue weighted by Crippen LogP contribution is 2.30. The zero-order valence-corrected chi connectivity index (χ0v) is 12.0. The van der Waals surface area contributed by atoms with E-state index >= 15 is 0 Å². The van der Waals surface area contributed by atoms with E-state index in [1.807, 2.05) is 6.92 Å². The third-order valence-electron chi connectivity index (χ3n) is 2.13. The van der Waals surface area contributed by atoms with Crippen LogP contribution in [0.3, 0.4) is 0 Å². The predicted molar refractivity (Wildman–Crippen MR) is 72.6 cm³/mol. The summed E-state index contributed by atoms with van der Waals surface area (Å²) in [4.78, 5) is 11.6. The van der Waals surface area contributed by atoms with Gasteiger partial charge in [-0.25, -0.2) is 4.79 Å². The number of rotatable bonds is 2. The van der Waals surface area contributed by atoms with E-state index in [0.717, 1.165) is 5.56 Å². The molecular formula is C13H18ClNO3. The molecule has 1 aromatic rings.